The zero-order chi connectivity index (χ0) is 25.2. The molecule has 0 aliphatic rings. The molecule has 5 heteroatoms. The van der Waals surface area contributed by atoms with Gasteiger partial charge in [-0.15, -0.1) is 0 Å². The molecule has 0 saturated carbocycles. The van der Waals surface area contributed by atoms with Crippen molar-refractivity contribution >= 4 is 5.78 Å². The molecule has 0 aromatic heterocycles. The Morgan fingerprint density at radius 2 is 1.03 bits per heavy atom. The molecule has 0 aliphatic carbocycles. The number of aryl methyl sites for hydroxylation is 1. The van der Waals surface area contributed by atoms with Gasteiger partial charge in [-0.2, -0.15) is 0 Å². The van der Waals surface area contributed by atoms with Crippen LogP contribution >= 0.6 is 0 Å². The lowest BCUT2D eigenvalue weighted by Crippen LogP contribution is -2.29. The van der Waals surface area contributed by atoms with Crippen LogP contribution in [-0.4, -0.2) is 17.0 Å². The summed E-state index contributed by atoms with van der Waals surface area (Å²) in [6, 6.07) is 13.2. The third kappa shape index (κ3) is 7.75. The van der Waals surface area contributed by atoms with E-state index in [4.69, 9.17) is 19.6 Å². The third-order valence-electron chi connectivity index (χ3n) is 5.01. The van der Waals surface area contributed by atoms with Gasteiger partial charge in [-0.05, 0) is 92.9 Å². The maximum atomic E-state index is 13.2. The predicted molar refractivity (Wildman–Crippen MR) is 131 cm³/mol. The molecule has 0 spiro atoms. The van der Waals surface area contributed by atoms with Crippen molar-refractivity contribution in [2.75, 3.05) is 0 Å². The maximum Gasteiger partial charge on any atom is 0.193 e. The van der Waals surface area contributed by atoms with Gasteiger partial charge in [-0.25, -0.2) is 19.6 Å². The van der Waals surface area contributed by atoms with E-state index in [-0.39, 0.29) is 5.78 Å². The number of rotatable bonds is 8. The number of carbonyl (C=O) groups is 1. The Morgan fingerprint density at radius 1 is 0.606 bits per heavy atom. The molecule has 0 amide bonds. The molecule has 33 heavy (non-hydrogen) atoms. The number of hydrogen-bond donors (Lipinski definition) is 0. The van der Waals surface area contributed by atoms with Gasteiger partial charge in [0.05, 0.1) is 11.2 Å². The molecule has 182 valence electrons. The second kappa shape index (κ2) is 9.67. The van der Waals surface area contributed by atoms with Crippen LogP contribution in [0.1, 0.15) is 102 Å². The van der Waals surface area contributed by atoms with Crippen LogP contribution in [0, 0.1) is 6.92 Å². The summed E-state index contributed by atoms with van der Waals surface area (Å²) in [6.45, 7) is 21.3. The second-order valence-corrected chi connectivity index (χ2v) is 11.5. The van der Waals surface area contributed by atoms with Gasteiger partial charge in [0.15, 0.2) is 5.78 Å². The molecule has 0 unspecified atom stereocenters. The first-order chi connectivity index (χ1) is 14.9. The average molecular weight is 457 g/mol. The van der Waals surface area contributed by atoms with Crippen molar-refractivity contribution < 1.29 is 24.3 Å². The van der Waals surface area contributed by atoms with E-state index in [9.17, 15) is 4.79 Å². The maximum absolute atomic E-state index is 13.2. The lowest BCUT2D eigenvalue weighted by Gasteiger charge is -2.29. The van der Waals surface area contributed by atoms with E-state index in [2.05, 4.69) is 0 Å². The Kier molecular flexibility index (Phi) is 7.97. The molecule has 2 aromatic rings. The zero-order valence-corrected chi connectivity index (χ0v) is 22.1. The Balaban J connectivity index is 2.19. The molecule has 0 aliphatic heterocycles. The van der Waals surface area contributed by atoms with Crippen molar-refractivity contribution in [3.63, 3.8) is 0 Å². The largest absolute Gasteiger partial charge is 0.289 e. The van der Waals surface area contributed by atoms with Gasteiger partial charge in [0.2, 0.25) is 0 Å². The fourth-order valence-corrected chi connectivity index (χ4v) is 3.03. The summed E-state index contributed by atoms with van der Waals surface area (Å²) in [5.74, 6) is -0.0278. The molecule has 0 heterocycles. The third-order valence-corrected chi connectivity index (χ3v) is 5.01. The van der Waals surface area contributed by atoms with Crippen LogP contribution in [0.4, 0.5) is 0 Å². The Labute approximate surface area is 199 Å². The van der Waals surface area contributed by atoms with Crippen molar-refractivity contribution in [1.29, 1.82) is 0 Å². The molecule has 0 radical (unpaired) electrons. The van der Waals surface area contributed by atoms with E-state index in [1.807, 2.05) is 119 Å². The SMILES string of the molecule is Cc1cc(C(C)(C)OOC(C)(C)C)ccc1C(=O)c1ccc(C(C)(C)OOC(C)(C)C)cc1. The van der Waals surface area contributed by atoms with Gasteiger partial charge in [0.1, 0.15) is 11.2 Å². The summed E-state index contributed by atoms with van der Waals surface area (Å²) in [4.78, 5) is 35.6. The summed E-state index contributed by atoms with van der Waals surface area (Å²) in [5, 5.41) is 0. The molecule has 5 nitrogen and oxygen atoms in total. The van der Waals surface area contributed by atoms with Crippen LogP contribution in [0.15, 0.2) is 42.5 Å². The van der Waals surface area contributed by atoms with Gasteiger partial charge in [0.25, 0.3) is 0 Å². The number of benzene rings is 2. The highest BCUT2D eigenvalue weighted by molar-refractivity contribution is 6.09. The minimum absolute atomic E-state index is 0.0278. The van der Waals surface area contributed by atoms with Gasteiger partial charge in [-0.1, -0.05) is 42.5 Å². The molecule has 0 fully saturated rings. The fraction of sp³-hybridized carbons (Fsp3) is 0.536. The van der Waals surface area contributed by atoms with Gasteiger partial charge >= 0.3 is 0 Å². The molecule has 0 saturated heterocycles. The van der Waals surface area contributed by atoms with Crippen molar-refractivity contribution in [2.24, 2.45) is 0 Å². The van der Waals surface area contributed by atoms with Crippen LogP contribution < -0.4 is 0 Å². The summed E-state index contributed by atoms with van der Waals surface area (Å²) in [6.07, 6.45) is 0. The summed E-state index contributed by atoms with van der Waals surface area (Å²) < 4.78 is 0. The average Bonchev–Trinajstić information content (AvgIpc) is 2.69. The fourth-order valence-electron chi connectivity index (χ4n) is 3.03. The van der Waals surface area contributed by atoms with E-state index in [1.54, 1.807) is 0 Å². The van der Waals surface area contributed by atoms with Crippen molar-refractivity contribution in [3.8, 4) is 0 Å². The molecular weight excluding hydrogens is 416 g/mol. The predicted octanol–water partition coefficient (Wildman–Crippen LogP) is 7.19. The summed E-state index contributed by atoms with van der Waals surface area (Å²) >= 11 is 0. The minimum atomic E-state index is -0.651. The van der Waals surface area contributed by atoms with E-state index in [0.717, 1.165) is 16.7 Å². The number of carbonyl (C=O) groups excluding carboxylic acids is 1. The lowest BCUT2D eigenvalue weighted by molar-refractivity contribution is -0.401. The van der Waals surface area contributed by atoms with Crippen LogP contribution in [0.25, 0.3) is 0 Å². The first-order valence-corrected chi connectivity index (χ1v) is 11.4. The normalized spacial score (nSPS) is 13.3. The second-order valence-electron chi connectivity index (χ2n) is 11.5. The van der Waals surface area contributed by atoms with E-state index >= 15 is 0 Å². The van der Waals surface area contributed by atoms with Crippen LogP contribution in [0.5, 0.6) is 0 Å². The highest BCUT2D eigenvalue weighted by atomic mass is 17.2. The summed E-state index contributed by atoms with van der Waals surface area (Å²) in [5.41, 5.74) is 1.91. The van der Waals surface area contributed by atoms with E-state index < -0.39 is 22.4 Å². The first-order valence-electron chi connectivity index (χ1n) is 11.4. The first kappa shape index (κ1) is 27.2. The van der Waals surface area contributed by atoms with Crippen molar-refractivity contribution in [3.05, 3.63) is 70.3 Å². The van der Waals surface area contributed by atoms with Gasteiger partial charge in [-0.3, -0.25) is 4.79 Å². The number of hydrogen-bond acceptors (Lipinski definition) is 5. The molecule has 2 aromatic carbocycles. The number of ketones is 1. The van der Waals surface area contributed by atoms with Gasteiger partial charge in [0, 0.05) is 11.1 Å². The Hall–Kier alpha value is -2.05. The highest BCUT2D eigenvalue weighted by Gasteiger charge is 2.28. The van der Waals surface area contributed by atoms with Crippen molar-refractivity contribution in [2.45, 2.75) is 98.6 Å². The van der Waals surface area contributed by atoms with E-state index in [1.165, 1.54) is 0 Å². The van der Waals surface area contributed by atoms with Gasteiger partial charge < -0.3 is 0 Å². The Morgan fingerprint density at radius 3 is 1.45 bits per heavy atom. The molecule has 0 N–H and O–H groups in total. The van der Waals surface area contributed by atoms with Crippen LogP contribution in [0.3, 0.4) is 0 Å². The van der Waals surface area contributed by atoms with Crippen LogP contribution in [0.2, 0.25) is 0 Å². The lowest BCUT2D eigenvalue weighted by atomic mass is 9.90. The highest BCUT2D eigenvalue weighted by Crippen LogP contribution is 2.30. The topological polar surface area (TPSA) is 54.0 Å². The monoisotopic (exact) mass is 456 g/mol. The quantitative estimate of drug-likeness (QED) is 0.239. The standard InChI is InChI=1S/C28H40O5/c1-19-18-22(28(10,11)33-31-26(5,6)7)16-17-23(19)24(29)20-12-14-21(15-13-20)27(8,9)32-30-25(2,3)4/h12-18H,1-11H3. The van der Waals surface area contributed by atoms with Crippen molar-refractivity contribution in [1.82, 2.24) is 0 Å². The van der Waals surface area contributed by atoms with Crippen LogP contribution in [-0.2, 0) is 30.8 Å². The van der Waals surface area contributed by atoms with E-state index in [0.29, 0.717) is 11.1 Å². The Bertz CT molecular complexity index is 957. The molecule has 0 bridgehead atoms. The smallest absolute Gasteiger partial charge is 0.193 e. The molecule has 0 atom stereocenters. The minimum Gasteiger partial charge on any atom is -0.289 e. The molecular formula is C28H40O5. The summed E-state index contributed by atoms with van der Waals surface area (Å²) in [7, 11) is 0. The molecule has 2 rings (SSSR count). The zero-order valence-electron chi connectivity index (χ0n) is 22.1.